The van der Waals surface area contributed by atoms with Gasteiger partial charge in [-0.25, -0.2) is 0 Å². The first-order valence-electron chi connectivity index (χ1n) is 8.60. The molecule has 2 amide bonds. The molecule has 0 radical (unpaired) electrons. The predicted molar refractivity (Wildman–Crippen MR) is 102 cm³/mol. The van der Waals surface area contributed by atoms with E-state index in [1.54, 1.807) is 36.4 Å². The number of aromatic nitrogens is 1. The third kappa shape index (κ3) is 5.56. The van der Waals surface area contributed by atoms with Crippen LogP contribution in [0.2, 0.25) is 5.02 Å². The lowest BCUT2D eigenvalue weighted by Gasteiger charge is -2.30. The number of halogens is 1. The molecule has 0 saturated carbocycles. The van der Waals surface area contributed by atoms with Crippen molar-refractivity contribution in [1.29, 1.82) is 0 Å². The summed E-state index contributed by atoms with van der Waals surface area (Å²) in [6, 6.07) is 10.4. The van der Waals surface area contributed by atoms with Crippen LogP contribution in [0, 0.1) is 5.92 Å². The Labute approximate surface area is 159 Å². The molecule has 1 unspecified atom stereocenters. The highest BCUT2D eigenvalue weighted by Gasteiger charge is 2.27. The Morgan fingerprint density at radius 3 is 2.38 bits per heavy atom. The molecular weight excluding hydrogens is 350 g/mol. The van der Waals surface area contributed by atoms with Crippen molar-refractivity contribution >= 4 is 23.4 Å². The second-order valence-corrected chi connectivity index (χ2v) is 6.94. The Kier molecular flexibility index (Phi) is 7.16. The number of amides is 2. The van der Waals surface area contributed by atoms with Gasteiger partial charge in [0.05, 0.1) is 0 Å². The molecule has 6 heteroatoms. The van der Waals surface area contributed by atoms with E-state index in [4.69, 9.17) is 11.6 Å². The van der Waals surface area contributed by atoms with E-state index >= 15 is 0 Å². The van der Waals surface area contributed by atoms with Crippen molar-refractivity contribution in [3.05, 3.63) is 64.9 Å². The van der Waals surface area contributed by atoms with E-state index in [9.17, 15) is 9.59 Å². The fourth-order valence-corrected chi connectivity index (χ4v) is 2.63. The first-order valence-corrected chi connectivity index (χ1v) is 8.98. The second-order valence-electron chi connectivity index (χ2n) is 6.50. The molecule has 2 aromatic rings. The minimum Gasteiger partial charge on any atom is -0.350 e. The van der Waals surface area contributed by atoms with Gasteiger partial charge in [0.25, 0.3) is 0 Å². The zero-order valence-electron chi connectivity index (χ0n) is 15.3. The number of carbonyl (C=O) groups is 2. The van der Waals surface area contributed by atoms with E-state index < -0.39 is 6.04 Å². The molecule has 138 valence electrons. The van der Waals surface area contributed by atoms with Crippen molar-refractivity contribution in [2.75, 3.05) is 0 Å². The van der Waals surface area contributed by atoms with E-state index in [2.05, 4.69) is 10.3 Å². The minimum absolute atomic E-state index is 0.0658. The largest absolute Gasteiger partial charge is 0.350 e. The van der Waals surface area contributed by atoms with Gasteiger partial charge in [-0.15, -0.1) is 0 Å². The van der Waals surface area contributed by atoms with Crippen LogP contribution in [0.1, 0.15) is 31.9 Å². The van der Waals surface area contributed by atoms with Crippen molar-refractivity contribution in [1.82, 2.24) is 15.2 Å². The van der Waals surface area contributed by atoms with E-state index in [0.29, 0.717) is 18.1 Å². The number of nitrogens with zero attached hydrogens (tertiary/aromatic N) is 2. The summed E-state index contributed by atoms with van der Waals surface area (Å²) in [5, 5.41) is 3.51. The molecule has 0 bridgehead atoms. The van der Waals surface area contributed by atoms with Gasteiger partial charge >= 0.3 is 0 Å². The summed E-state index contributed by atoms with van der Waals surface area (Å²) in [5.74, 6) is -0.461. The van der Waals surface area contributed by atoms with Crippen LogP contribution in [0.15, 0.2) is 48.8 Å². The third-order valence-corrected chi connectivity index (χ3v) is 4.33. The highest BCUT2D eigenvalue weighted by atomic mass is 35.5. The number of nitrogens with one attached hydrogen (secondary N) is 1. The second kappa shape index (κ2) is 9.34. The SMILES string of the molecule is CC(C)C(=O)N(Cc1ccc(Cl)cc1)C(C)C(=O)NCc1cccnc1. The summed E-state index contributed by atoms with van der Waals surface area (Å²) in [4.78, 5) is 30.9. The van der Waals surface area contributed by atoms with Crippen molar-refractivity contribution in [3.8, 4) is 0 Å². The van der Waals surface area contributed by atoms with E-state index in [0.717, 1.165) is 11.1 Å². The zero-order chi connectivity index (χ0) is 19.1. The van der Waals surface area contributed by atoms with Gasteiger partial charge in [-0.3, -0.25) is 14.6 Å². The van der Waals surface area contributed by atoms with Crippen molar-refractivity contribution in [3.63, 3.8) is 0 Å². The molecule has 1 heterocycles. The summed E-state index contributed by atoms with van der Waals surface area (Å²) in [5.41, 5.74) is 1.84. The van der Waals surface area contributed by atoms with Crippen molar-refractivity contribution in [2.24, 2.45) is 5.92 Å². The molecule has 0 spiro atoms. The van der Waals surface area contributed by atoms with Crippen molar-refractivity contribution in [2.45, 2.75) is 39.9 Å². The summed E-state index contributed by atoms with van der Waals surface area (Å²) in [6.07, 6.45) is 3.39. The molecule has 2 rings (SSSR count). The van der Waals surface area contributed by atoms with Crippen LogP contribution in [0.5, 0.6) is 0 Å². The predicted octanol–water partition coefficient (Wildman–Crippen LogP) is 3.42. The number of pyridine rings is 1. The van der Waals surface area contributed by atoms with Crippen LogP contribution in [0.3, 0.4) is 0 Å². The van der Waals surface area contributed by atoms with Gasteiger partial charge in [-0.2, -0.15) is 0 Å². The number of hydrogen-bond acceptors (Lipinski definition) is 3. The number of benzene rings is 1. The van der Waals surface area contributed by atoms with E-state index in [-0.39, 0.29) is 17.7 Å². The summed E-state index contributed by atoms with van der Waals surface area (Å²) in [7, 11) is 0. The average molecular weight is 374 g/mol. The van der Waals surface area contributed by atoms with Crippen LogP contribution in [0.25, 0.3) is 0 Å². The molecule has 1 aromatic heterocycles. The van der Waals surface area contributed by atoms with Gasteiger partial charge in [0.1, 0.15) is 6.04 Å². The Bertz CT molecular complexity index is 732. The lowest BCUT2D eigenvalue weighted by atomic mass is 10.1. The van der Waals surface area contributed by atoms with Gasteiger partial charge in [0.2, 0.25) is 11.8 Å². The molecule has 0 fully saturated rings. The molecule has 0 aliphatic heterocycles. The average Bonchev–Trinajstić information content (AvgIpc) is 2.65. The molecule has 26 heavy (non-hydrogen) atoms. The maximum Gasteiger partial charge on any atom is 0.242 e. The molecule has 0 aliphatic rings. The fourth-order valence-electron chi connectivity index (χ4n) is 2.50. The first-order chi connectivity index (χ1) is 12.4. The highest BCUT2D eigenvalue weighted by Crippen LogP contribution is 2.16. The smallest absolute Gasteiger partial charge is 0.242 e. The Morgan fingerprint density at radius 2 is 1.81 bits per heavy atom. The fraction of sp³-hybridized carbons (Fsp3) is 0.350. The van der Waals surface area contributed by atoms with Crippen LogP contribution >= 0.6 is 11.6 Å². The number of carbonyl (C=O) groups excluding carboxylic acids is 2. The van der Waals surface area contributed by atoms with Crippen molar-refractivity contribution < 1.29 is 9.59 Å². The summed E-state index contributed by atoms with van der Waals surface area (Å²) >= 11 is 5.92. The molecule has 5 nitrogen and oxygen atoms in total. The molecule has 0 saturated heterocycles. The van der Waals surface area contributed by atoms with Gasteiger partial charge in [0, 0.05) is 36.4 Å². The molecule has 0 aliphatic carbocycles. The lowest BCUT2D eigenvalue weighted by molar-refractivity contribution is -0.143. The molecule has 1 aromatic carbocycles. The molecule has 1 atom stereocenters. The van der Waals surface area contributed by atoms with Crippen LogP contribution in [0.4, 0.5) is 0 Å². The minimum atomic E-state index is -0.586. The number of rotatable bonds is 7. The number of hydrogen-bond donors (Lipinski definition) is 1. The van der Waals surface area contributed by atoms with Crippen LogP contribution in [-0.2, 0) is 22.7 Å². The first kappa shape index (κ1) is 19.9. The van der Waals surface area contributed by atoms with Gasteiger partial charge in [-0.1, -0.05) is 43.6 Å². The standard InChI is InChI=1S/C20H24ClN3O2/c1-14(2)20(26)24(13-16-6-8-18(21)9-7-16)15(3)19(25)23-12-17-5-4-10-22-11-17/h4-11,14-15H,12-13H2,1-3H3,(H,23,25). The Morgan fingerprint density at radius 1 is 1.12 bits per heavy atom. The van der Waals surface area contributed by atoms with Crippen LogP contribution in [-0.4, -0.2) is 27.7 Å². The normalized spacial score (nSPS) is 11.9. The quantitative estimate of drug-likeness (QED) is 0.808. The maximum atomic E-state index is 12.6. The van der Waals surface area contributed by atoms with E-state index in [1.165, 1.54) is 0 Å². The maximum absolute atomic E-state index is 12.6. The molecular formula is C20H24ClN3O2. The van der Waals surface area contributed by atoms with Gasteiger partial charge in [0.15, 0.2) is 0 Å². The third-order valence-electron chi connectivity index (χ3n) is 4.08. The topological polar surface area (TPSA) is 62.3 Å². The van der Waals surface area contributed by atoms with E-state index in [1.807, 2.05) is 38.1 Å². The molecule has 1 N–H and O–H groups in total. The van der Waals surface area contributed by atoms with Gasteiger partial charge < -0.3 is 10.2 Å². The van der Waals surface area contributed by atoms with Crippen LogP contribution < -0.4 is 5.32 Å². The monoisotopic (exact) mass is 373 g/mol. The lowest BCUT2D eigenvalue weighted by Crippen LogP contribution is -2.48. The Balaban J connectivity index is 2.08. The Hall–Kier alpha value is -2.40. The summed E-state index contributed by atoms with van der Waals surface area (Å²) in [6.45, 7) is 6.14. The highest BCUT2D eigenvalue weighted by molar-refractivity contribution is 6.30. The summed E-state index contributed by atoms with van der Waals surface area (Å²) < 4.78 is 0. The van der Waals surface area contributed by atoms with Gasteiger partial charge in [-0.05, 0) is 36.2 Å². The zero-order valence-corrected chi connectivity index (χ0v) is 16.0.